The quantitative estimate of drug-likeness (QED) is 0.0729. The average Bonchev–Trinajstić information content (AvgIpc) is 3.72. The van der Waals surface area contributed by atoms with Crippen LogP contribution in [-0.2, 0) is 20.9 Å². The highest BCUT2D eigenvalue weighted by Gasteiger charge is 2.65. The van der Waals surface area contributed by atoms with Crippen LogP contribution in [0.15, 0.2) is 84.1 Å². The number of oxime groups is 1. The molecule has 12 heteroatoms. The van der Waals surface area contributed by atoms with Crippen LogP contribution in [0.5, 0.6) is 28.7 Å². The summed E-state index contributed by atoms with van der Waals surface area (Å²) in [7, 11) is 1.38. The molecule has 2 N–H and O–H groups in total. The molecule has 59 heavy (non-hydrogen) atoms. The van der Waals surface area contributed by atoms with Gasteiger partial charge in [0.05, 0.1) is 25.3 Å². The Bertz CT molecular complexity index is 2030. The first-order valence-corrected chi connectivity index (χ1v) is 20.9. The minimum atomic E-state index is -1.44. The highest BCUT2D eigenvalue weighted by atomic mass is 16.7. The summed E-state index contributed by atoms with van der Waals surface area (Å²) >= 11 is 0. The Morgan fingerprint density at radius 3 is 2.44 bits per heavy atom. The third kappa shape index (κ3) is 8.67. The van der Waals surface area contributed by atoms with Crippen LogP contribution in [-0.4, -0.2) is 79.1 Å². The van der Waals surface area contributed by atoms with Gasteiger partial charge < -0.3 is 43.5 Å². The predicted octanol–water partition coefficient (Wildman–Crippen LogP) is 8.75. The maximum atomic E-state index is 14.2. The zero-order chi connectivity index (χ0) is 41.5. The number of aryl methyl sites for hydroxylation is 2. The third-order valence-corrected chi connectivity index (χ3v) is 12.2. The van der Waals surface area contributed by atoms with Crippen LogP contribution in [0.3, 0.4) is 0 Å². The lowest BCUT2D eigenvalue weighted by Crippen LogP contribution is -2.70. The standard InChI is InChI=1S/C47H58N2O10/c1-6-22-56-47-43(49(46(52)53-5)28-32-15-18-41-42(24-32)55-29-54-41)27-39(48-57-7-2)37-25-33(12-8-10-20-50)36(13-9-11-21-51)44(45(37)47)38-26-35(17-19-40(38)59-47)58-34-16-14-30(3)31(4)23-34/h6,14-19,23-26,33,36,43-45,50-51H,1,7-13,20-22,27-29H2,2-5H3/t33-,36+,43-,44+,45+,47+/m0/s1. The van der Waals surface area contributed by atoms with Crippen molar-refractivity contribution in [3.63, 3.8) is 0 Å². The van der Waals surface area contributed by atoms with Crippen molar-refractivity contribution in [2.24, 2.45) is 22.9 Å². The first-order valence-electron chi connectivity index (χ1n) is 20.9. The topological polar surface area (TPSA) is 138 Å². The number of ether oxygens (including phenoxy) is 6. The molecule has 0 bridgehead atoms. The summed E-state index contributed by atoms with van der Waals surface area (Å²) in [5, 5.41) is 24.6. The number of hydrogen-bond acceptors (Lipinski definition) is 11. The van der Waals surface area contributed by atoms with E-state index in [2.05, 4.69) is 38.6 Å². The Labute approximate surface area is 347 Å². The molecular formula is C47H58N2O10. The first-order chi connectivity index (χ1) is 28.7. The van der Waals surface area contributed by atoms with Gasteiger partial charge in [0.25, 0.3) is 0 Å². The summed E-state index contributed by atoms with van der Waals surface area (Å²) in [5.74, 6) is 1.33. The molecule has 316 valence electrons. The van der Waals surface area contributed by atoms with Crippen LogP contribution in [0.1, 0.15) is 80.0 Å². The van der Waals surface area contributed by atoms with Gasteiger partial charge in [0.1, 0.15) is 29.9 Å². The molecule has 2 heterocycles. The molecule has 0 saturated heterocycles. The van der Waals surface area contributed by atoms with Crippen LogP contribution >= 0.6 is 0 Å². The van der Waals surface area contributed by atoms with Crippen molar-refractivity contribution in [2.45, 2.75) is 90.0 Å². The van der Waals surface area contributed by atoms with Gasteiger partial charge in [0.2, 0.25) is 12.6 Å². The van der Waals surface area contributed by atoms with E-state index in [1.54, 1.807) is 11.0 Å². The molecule has 3 aromatic rings. The molecule has 6 atom stereocenters. The lowest BCUT2D eigenvalue weighted by atomic mass is 9.55. The number of aliphatic hydroxyl groups excluding tert-OH is 2. The number of aliphatic hydroxyl groups is 2. The lowest BCUT2D eigenvalue weighted by molar-refractivity contribution is -0.256. The van der Waals surface area contributed by atoms with Gasteiger partial charge in [-0.3, -0.25) is 4.90 Å². The number of nitrogens with zero attached hydrogens (tertiary/aromatic N) is 2. The summed E-state index contributed by atoms with van der Waals surface area (Å²) in [6, 6.07) is 16.9. The summed E-state index contributed by atoms with van der Waals surface area (Å²) in [6.07, 6.45) is 8.36. The highest BCUT2D eigenvalue weighted by Crippen LogP contribution is 2.62. The molecule has 0 spiro atoms. The second kappa shape index (κ2) is 18.9. The number of amides is 1. The largest absolute Gasteiger partial charge is 0.459 e. The van der Waals surface area contributed by atoms with Crippen molar-refractivity contribution in [2.75, 3.05) is 40.3 Å². The van der Waals surface area contributed by atoms with Gasteiger partial charge in [-0.05, 0) is 123 Å². The number of unbranched alkanes of at least 4 members (excludes halogenated alkanes) is 2. The monoisotopic (exact) mass is 810 g/mol. The first kappa shape index (κ1) is 42.1. The van der Waals surface area contributed by atoms with Crippen LogP contribution < -0.4 is 18.9 Å². The normalized spacial score (nSPS) is 24.3. The molecule has 1 saturated carbocycles. The number of hydrogen-bond donors (Lipinski definition) is 2. The number of carbonyl (C=O) groups excluding carboxylic acids is 1. The Hall–Kier alpha value is -5.04. The summed E-state index contributed by atoms with van der Waals surface area (Å²) in [6.45, 7) is 11.0. The van der Waals surface area contributed by atoms with Gasteiger partial charge in [-0.2, -0.15) is 0 Å². The number of methoxy groups -OCH3 is 1. The van der Waals surface area contributed by atoms with Crippen LogP contribution in [0.4, 0.5) is 4.79 Å². The van der Waals surface area contributed by atoms with Gasteiger partial charge >= 0.3 is 6.09 Å². The molecular weight excluding hydrogens is 753 g/mol. The number of fused-ring (bicyclic) bond motifs is 3. The fourth-order valence-corrected chi connectivity index (χ4v) is 9.42. The summed E-state index contributed by atoms with van der Waals surface area (Å²) in [5.41, 5.74) is 5.75. The Morgan fingerprint density at radius 2 is 1.69 bits per heavy atom. The molecule has 7 rings (SSSR count). The molecule has 0 radical (unpaired) electrons. The molecule has 12 nitrogen and oxygen atoms in total. The van der Waals surface area contributed by atoms with Crippen LogP contribution in [0.25, 0.3) is 0 Å². The maximum absolute atomic E-state index is 14.2. The van der Waals surface area contributed by atoms with Gasteiger partial charge in [-0.1, -0.05) is 42.3 Å². The van der Waals surface area contributed by atoms with E-state index >= 15 is 0 Å². The van der Waals surface area contributed by atoms with E-state index in [0.29, 0.717) is 48.2 Å². The molecule has 0 aromatic heterocycles. The highest BCUT2D eigenvalue weighted by molar-refractivity contribution is 6.03. The van der Waals surface area contributed by atoms with Crippen molar-refractivity contribution in [3.05, 3.63) is 101 Å². The fourth-order valence-electron chi connectivity index (χ4n) is 9.42. The summed E-state index contributed by atoms with van der Waals surface area (Å²) < 4.78 is 37.8. The van der Waals surface area contributed by atoms with Crippen molar-refractivity contribution < 1.29 is 48.3 Å². The van der Waals surface area contributed by atoms with Gasteiger partial charge in [-0.25, -0.2) is 4.79 Å². The van der Waals surface area contributed by atoms with Crippen molar-refractivity contribution >= 4 is 11.8 Å². The van der Waals surface area contributed by atoms with E-state index in [0.717, 1.165) is 53.7 Å². The number of allylic oxidation sites excluding steroid dienone is 1. The molecule has 4 aliphatic rings. The van der Waals surface area contributed by atoms with Crippen LogP contribution in [0.2, 0.25) is 0 Å². The zero-order valence-electron chi connectivity index (χ0n) is 34.7. The van der Waals surface area contributed by atoms with Crippen LogP contribution in [0, 0.1) is 31.6 Å². The summed E-state index contributed by atoms with van der Waals surface area (Å²) in [4.78, 5) is 21.8. The zero-order valence-corrected chi connectivity index (χ0v) is 34.7. The van der Waals surface area contributed by atoms with E-state index < -0.39 is 23.8 Å². The Morgan fingerprint density at radius 1 is 0.949 bits per heavy atom. The Kier molecular flexibility index (Phi) is 13.5. The number of carbonyl (C=O) groups is 1. The fraction of sp³-hybridized carbons (Fsp3) is 0.489. The van der Waals surface area contributed by atoms with Crippen molar-refractivity contribution in [3.8, 4) is 28.7 Å². The van der Waals surface area contributed by atoms with E-state index in [1.165, 1.54) is 12.7 Å². The van der Waals surface area contributed by atoms with E-state index in [9.17, 15) is 15.0 Å². The van der Waals surface area contributed by atoms with Gasteiger partial charge in [-0.15, -0.1) is 6.58 Å². The number of rotatable bonds is 18. The molecule has 0 unspecified atom stereocenters. The second-order valence-electron chi connectivity index (χ2n) is 15.8. The molecule has 2 aliphatic heterocycles. The molecule has 2 aliphatic carbocycles. The Balaban J connectivity index is 1.43. The second-order valence-corrected chi connectivity index (χ2v) is 15.8. The van der Waals surface area contributed by atoms with Crippen molar-refractivity contribution in [1.82, 2.24) is 4.90 Å². The van der Waals surface area contributed by atoms with E-state index in [-0.39, 0.29) is 57.3 Å². The predicted molar refractivity (Wildman–Crippen MR) is 223 cm³/mol. The van der Waals surface area contributed by atoms with E-state index in [4.69, 9.17) is 38.4 Å². The maximum Gasteiger partial charge on any atom is 0.410 e. The molecule has 3 aromatic carbocycles. The smallest absolute Gasteiger partial charge is 0.410 e. The third-order valence-electron chi connectivity index (χ3n) is 12.2. The van der Waals surface area contributed by atoms with Gasteiger partial charge in [0, 0.05) is 37.7 Å². The minimum Gasteiger partial charge on any atom is -0.459 e. The van der Waals surface area contributed by atoms with E-state index in [1.807, 2.05) is 49.4 Å². The lowest BCUT2D eigenvalue weighted by Gasteiger charge is -2.59. The molecule has 1 amide bonds. The number of benzene rings is 3. The average molecular weight is 811 g/mol. The SMILES string of the molecule is C=CCO[C@@]12Oc3ccc(Oc4ccc(C)c(C)c4)cc3[C@H]3[C@H](CCCCO)[C@@H](CCCCO)C=C(C(=NOCC)C[C@@H]1N(Cc1ccc4c(c1)OCO4)C(=O)OC)[C@H]32. The van der Waals surface area contributed by atoms with Crippen molar-refractivity contribution in [1.29, 1.82) is 0 Å². The minimum absolute atomic E-state index is 0.0627. The molecule has 1 fully saturated rings. The van der Waals surface area contributed by atoms with Gasteiger partial charge in [0.15, 0.2) is 11.5 Å².